The number of unbranched alkanes of at least 4 members (excludes halogenated alkanes) is 4. The van der Waals surface area contributed by atoms with Crippen molar-refractivity contribution in [1.82, 2.24) is 0 Å². The highest BCUT2D eigenvalue weighted by atomic mass is 16.6. The molecule has 0 aromatic heterocycles. The van der Waals surface area contributed by atoms with Crippen LogP contribution in [-0.2, 0) is 23.8 Å². The lowest BCUT2D eigenvalue weighted by Crippen LogP contribution is -2.13. The third-order valence-corrected chi connectivity index (χ3v) is 2.93. The first kappa shape index (κ1) is 19.9. The van der Waals surface area contributed by atoms with Crippen molar-refractivity contribution in [2.75, 3.05) is 26.4 Å². The van der Waals surface area contributed by atoms with E-state index < -0.39 is 0 Å². The molecule has 0 unspecified atom stereocenters. The van der Waals surface area contributed by atoms with E-state index in [2.05, 4.69) is 13.8 Å². The van der Waals surface area contributed by atoms with Crippen LogP contribution in [0.5, 0.6) is 0 Å². The molecule has 0 aromatic carbocycles. The molecule has 0 spiro atoms. The van der Waals surface area contributed by atoms with Gasteiger partial charge in [-0.2, -0.15) is 0 Å². The number of carbonyl (C=O) groups excluding carboxylic acids is 2. The standard InChI is InChI=1S/C16H30O5/c1-3-5-7-8-12-20-15(17)9-10-16(18)21-14-13-19-11-6-4-2/h3-14H2,1-2H3. The molecule has 21 heavy (non-hydrogen) atoms. The van der Waals surface area contributed by atoms with Gasteiger partial charge in [-0.15, -0.1) is 0 Å². The summed E-state index contributed by atoms with van der Waals surface area (Å²) < 4.78 is 15.3. The SMILES string of the molecule is CCCCCCOC(=O)CCC(=O)OCCOCCCC. The summed E-state index contributed by atoms with van der Waals surface area (Å²) in [6, 6.07) is 0. The highest BCUT2D eigenvalue weighted by Crippen LogP contribution is 2.01. The van der Waals surface area contributed by atoms with E-state index in [1.165, 1.54) is 0 Å². The Morgan fingerprint density at radius 2 is 1.29 bits per heavy atom. The Morgan fingerprint density at radius 3 is 1.90 bits per heavy atom. The van der Waals surface area contributed by atoms with Crippen LogP contribution in [0.2, 0.25) is 0 Å². The van der Waals surface area contributed by atoms with Gasteiger partial charge >= 0.3 is 11.9 Å². The second-order valence-electron chi connectivity index (χ2n) is 4.97. The van der Waals surface area contributed by atoms with Gasteiger partial charge in [0.1, 0.15) is 6.61 Å². The van der Waals surface area contributed by atoms with Crippen LogP contribution in [0.1, 0.15) is 65.2 Å². The summed E-state index contributed by atoms with van der Waals surface area (Å²) in [6.45, 7) is 6.01. The van der Waals surface area contributed by atoms with Crippen LogP contribution in [0.15, 0.2) is 0 Å². The third-order valence-electron chi connectivity index (χ3n) is 2.93. The third kappa shape index (κ3) is 15.1. The molecule has 0 aliphatic rings. The van der Waals surface area contributed by atoms with Crippen molar-refractivity contribution < 1.29 is 23.8 Å². The average Bonchev–Trinajstić information content (AvgIpc) is 2.48. The summed E-state index contributed by atoms with van der Waals surface area (Å²) in [4.78, 5) is 22.7. The van der Waals surface area contributed by atoms with Crippen LogP contribution in [0, 0.1) is 0 Å². The van der Waals surface area contributed by atoms with Crippen LogP contribution in [-0.4, -0.2) is 38.4 Å². The zero-order valence-electron chi connectivity index (χ0n) is 13.5. The lowest BCUT2D eigenvalue weighted by molar-refractivity contribution is -0.151. The van der Waals surface area contributed by atoms with Crippen LogP contribution < -0.4 is 0 Å². The van der Waals surface area contributed by atoms with Crippen molar-refractivity contribution in [3.63, 3.8) is 0 Å². The van der Waals surface area contributed by atoms with Crippen molar-refractivity contribution in [3.8, 4) is 0 Å². The Hall–Kier alpha value is -1.10. The number of esters is 2. The predicted octanol–water partition coefficient (Wildman–Crippen LogP) is 3.25. The molecule has 0 aliphatic carbocycles. The lowest BCUT2D eigenvalue weighted by Gasteiger charge is -2.06. The highest BCUT2D eigenvalue weighted by molar-refractivity contribution is 5.77. The number of hydrogen-bond donors (Lipinski definition) is 0. The van der Waals surface area contributed by atoms with Gasteiger partial charge in [-0.3, -0.25) is 9.59 Å². The fraction of sp³-hybridized carbons (Fsp3) is 0.875. The smallest absolute Gasteiger partial charge is 0.306 e. The van der Waals surface area contributed by atoms with Crippen molar-refractivity contribution >= 4 is 11.9 Å². The Morgan fingerprint density at radius 1 is 0.667 bits per heavy atom. The maximum Gasteiger partial charge on any atom is 0.306 e. The van der Waals surface area contributed by atoms with Gasteiger partial charge in [0.05, 0.1) is 26.1 Å². The summed E-state index contributed by atoms with van der Waals surface area (Å²) in [6.07, 6.45) is 6.53. The minimum Gasteiger partial charge on any atom is -0.466 e. The second kappa shape index (κ2) is 15.3. The molecule has 0 saturated carbocycles. The first-order chi connectivity index (χ1) is 10.2. The molecule has 0 rings (SSSR count). The summed E-state index contributed by atoms with van der Waals surface area (Å²) in [5.41, 5.74) is 0. The minimum atomic E-state index is -0.378. The molecule has 0 amide bonds. The minimum absolute atomic E-state index is 0.0722. The summed E-state index contributed by atoms with van der Waals surface area (Å²) in [5.74, 6) is -0.709. The van der Waals surface area contributed by atoms with Gasteiger partial charge in [0.15, 0.2) is 0 Å². The van der Waals surface area contributed by atoms with Crippen molar-refractivity contribution in [2.45, 2.75) is 65.2 Å². The molecule has 0 atom stereocenters. The molecule has 5 nitrogen and oxygen atoms in total. The van der Waals surface area contributed by atoms with Crippen molar-refractivity contribution in [2.24, 2.45) is 0 Å². The molecule has 0 saturated heterocycles. The largest absolute Gasteiger partial charge is 0.466 e. The molecule has 0 aliphatic heterocycles. The van der Waals surface area contributed by atoms with Crippen LogP contribution >= 0.6 is 0 Å². The Bertz CT molecular complexity index is 265. The van der Waals surface area contributed by atoms with E-state index in [0.717, 1.165) is 38.5 Å². The summed E-state index contributed by atoms with van der Waals surface area (Å²) in [7, 11) is 0. The fourth-order valence-corrected chi connectivity index (χ4v) is 1.63. The summed E-state index contributed by atoms with van der Waals surface area (Å²) >= 11 is 0. The Kier molecular flexibility index (Phi) is 14.5. The van der Waals surface area contributed by atoms with E-state index in [4.69, 9.17) is 14.2 Å². The van der Waals surface area contributed by atoms with E-state index in [-0.39, 0.29) is 31.4 Å². The molecule has 0 radical (unpaired) electrons. The molecule has 124 valence electrons. The molecule has 0 bridgehead atoms. The molecular formula is C16H30O5. The van der Waals surface area contributed by atoms with E-state index in [1.807, 2.05) is 0 Å². The van der Waals surface area contributed by atoms with Gasteiger partial charge in [-0.05, 0) is 12.8 Å². The Balaban J connectivity index is 3.36. The molecule has 0 aromatic rings. The van der Waals surface area contributed by atoms with E-state index in [9.17, 15) is 9.59 Å². The molecule has 0 heterocycles. The fourth-order valence-electron chi connectivity index (χ4n) is 1.63. The van der Waals surface area contributed by atoms with Gasteiger partial charge in [-0.25, -0.2) is 0 Å². The predicted molar refractivity (Wildman–Crippen MR) is 81.0 cm³/mol. The van der Waals surface area contributed by atoms with Crippen LogP contribution in [0.4, 0.5) is 0 Å². The number of hydrogen-bond acceptors (Lipinski definition) is 5. The maximum atomic E-state index is 11.4. The monoisotopic (exact) mass is 302 g/mol. The molecule has 5 heteroatoms. The lowest BCUT2D eigenvalue weighted by atomic mass is 10.2. The van der Waals surface area contributed by atoms with Gasteiger partial charge in [-0.1, -0.05) is 39.5 Å². The van der Waals surface area contributed by atoms with Crippen molar-refractivity contribution in [3.05, 3.63) is 0 Å². The molecule has 0 N–H and O–H groups in total. The maximum absolute atomic E-state index is 11.4. The van der Waals surface area contributed by atoms with Gasteiger partial charge in [0.2, 0.25) is 0 Å². The number of rotatable bonds is 14. The van der Waals surface area contributed by atoms with Gasteiger partial charge in [0, 0.05) is 6.61 Å². The first-order valence-electron chi connectivity index (χ1n) is 8.09. The van der Waals surface area contributed by atoms with Crippen LogP contribution in [0.25, 0.3) is 0 Å². The van der Waals surface area contributed by atoms with E-state index in [0.29, 0.717) is 19.8 Å². The topological polar surface area (TPSA) is 61.8 Å². The van der Waals surface area contributed by atoms with Gasteiger partial charge in [0.25, 0.3) is 0 Å². The zero-order chi connectivity index (χ0) is 15.8. The van der Waals surface area contributed by atoms with E-state index >= 15 is 0 Å². The quantitative estimate of drug-likeness (QED) is 0.364. The van der Waals surface area contributed by atoms with Crippen molar-refractivity contribution in [1.29, 1.82) is 0 Å². The van der Waals surface area contributed by atoms with Gasteiger partial charge < -0.3 is 14.2 Å². The molecular weight excluding hydrogens is 272 g/mol. The normalized spacial score (nSPS) is 10.4. The summed E-state index contributed by atoms with van der Waals surface area (Å²) in [5, 5.41) is 0. The first-order valence-corrected chi connectivity index (χ1v) is 8.09. The number of carbonyl (C=O) groups is 2. The second-order valence-corrected chi connectivity index (χ2v) is 4.97. The highest BCUT2D eigenvalue weighted by Gasteiger charge is 2.08. The zero-order valence-corrected chi connectivity index (χ0v) is 13.5. The Labute approximate surface area is 128 Å². The molecule has 0 fully saturated rings. The number of ether oxygens (including phenoxy) is 3. The van der Waals surface area contributed by atoms with E-state index in [1.54, 1.807) is 0 Å². The van der Waals surface area contributed by atoms with Crippen LogP contribution in [0.3, 0.4) is 0 Å². The average molecular weight is 302 g/mol.